The molecule has 0 radical (unpaired) electrons. The first-order valence-electron chi connectivity index (χ1n) is 11.3. The van der Waals surface area contributed by atoms with Crippen LogP contribution in [-0.2, 0) is 16.0 Å². The summed E-state index contributed by atoms with van der Waals surface area (Å²) in [5.74, 6) is 0.919. The fourth-order valence-corrected chi connectivity index (χ4v) is 6.89. The highest BCUT2D eigenvalue weighted by atomic mass is 32.1. The Morgan fingerprint density at radius 1 is 1.33 bits per heavy atom. The van der Waals surface area contributed by atoms with Crippen molar-refractivity contribution in [2.75, 3.05) is 19.8 Å². The fourth-order valence-electron chi connectivity index (χ4n) is 5.63. The van der Waals surface area contributed by atoms with Crippen LogP contribution < -0.4 is 10.5 Å². The third kappa shape index (κ3) is 3.83. The van der Waals surface area contributed by atoms with Crippen LogP contribution in [0.3, 0.4) is 0 Å². The van der Waals surface area contributed by atoms with Crippen LogP contribution in [0.5, 0.6) is 5.75 Å². The van der Waals surface area contributed by atoms with Gasteiger partial charge in [-0.2, -0.15) is 0 Å². The number of ether oxygens (including phenoxy) is 2. The van der Waals surface area contributed by atoms with Gasteiger partial charge < -0.3 is 15.2 Å². The number of hydrogen-bond donors (Lipinski definition) is 1. The number of primary amides is 1. The van der Waals surface area contributed by atoms with Crippen LogP contribution in [0.25, 0.3) is 10.2 Å². The van der Waals surface area contributed by atoms with Gasteiger partial charge in [-0.15, -0.1) is 11.3 Å². The number of amides is 1. The summed E-state index contributed by atoms with van der Waals surface area (Å²) in [6, 6.07) is 3.16. The number of carbonyl (C=O) groups excluding carboxylic acids is 1. The molecule has 1 saturated heterocycles. The zero-order valence-electron chi connectivity index (χ0n) is 17.6. The molecule has 2 aromatic rings. The van der Waals surface area contributed by atoms with Crippen molar-refractivity contribution in [1.82, 2.24) is 9.88 Å². The lowest BCUT2D eigenvalue weighted by molar-refractivity contribution is -0.118. The Hall–Kier alpha value is -1.70. The number of carbonyl (C=O) groups is 1. The van der Waals surface area contributed by atoms with E-state index in [1.165, 1.54) is 23.3 Å². The summed E-state index contributed by atoms with van der Waals surface area (Å²) in [5, 5.41) is 1.13. The maximum atomic E-state index is 11.6. The molecule has 0 aromatic carbocycles. The quantitative estimate of drug-likeness (QED) is 0.786. The summed E-state index contributed by atoms with van der Waals surface area (Å²) in [6.07, 6.45) is 9.03. The lowest BCUT2D eigenvalue weighted by Gasteiger charge is -2.42. The number of hydrogen-bond acceptors (Lipinski definition) is 6. The lowest BCUT2D eigenvalue weighted by Crippen LogP contribution is -2.50. The van der Waals surface area contributed by atoms with E-state index in [1.807, 2.05) is 12.3 Å². The van der Waals surface area contributed by atoms with E-state index in [9.17, 15) is 4.79 Å². The van der Waals surface area contributed by atoms with Gasteiger partial charge in [0, 0.05) is 36.1 Å². The van der Waals surface area contributed by atoms with Crippen LogP contribution in [0, 0.1) is 0 Å². The van der Waals surface area contributed by atoms with Crippen molar-refractivity contribution in [3.05, 3.63) is 22.7 Å². The highest BCUT2D eigenvalue weighted by molar-refractivity contribution is 7.19. The number of aryl methyl sites for hydroxylation is 1. The number of nitrogens with two attached hydrogens (primary N) is 1. The van der Waals surface area contributed by atoms with Gasteiger partial charge >= 0.3 is 0 Å². The Kier molecular flexibility index (Phi) is 5.69. The molecule has 3 heterocycles. The first-order valence-corrected chi connectivity index (χ1v) is 12.1. The molecule has 1 amide bonds. The van der Waals surface area contributed by atoms with Crippen LogP contribution in [0.1, 0.15) is 61.8 Å². The van der Waals surface area contributed by atoms with E-state index in [1.54, 1.807) is 11.3 Å². The summed E-state index contributed by atoms with van der Waals surface area (Å²) in [7, 11) is 0. The smallest absolute Gasteiger partial charge is 0.218 e. The summed E-state index contributed by atoms with van der Waals surface area (Å²) >= 11 is 1.75. The minimum Gasteiger partial charge on any atom is -0.490 e. The molecule has 2 fully saturated rings. The first kappa shape index (κ1) is 20.2. The molecule has 2 aliphatic carbocycles. The molecule has 0 spiro atoms. The van der Waals surface area contributed by atoms with E-state index < -0.39 is 0 Å². The standard InChI is InChI=1S/C23H31N3O3S/c1-14-13-28-11-10-26(14)16-3-5-17(6-4-16)29-18-8-9-25-23-22(18)21-15(12-20(24)27)2-7-19(21)30-23/h8-9,14-17H,2-7,10-13H2,1H3,(H2,24,27)/t14-,15+,16-,17-/m0/s1. The predicted octanol–water partition coefficient (Wildman–Crippen LogP) is 3.61. The molecule has 0 unspecified atom stereocenters. The molecule has 3 aliphatic rings. The predicted molar refractivity (Wildman–Crippen MR) is 118 cm³/mol. The number of thiophene rings is 1. The topological polar surface area (TPSA) is 77.7 Å². The fraction of sp³-hybridized carbons (Fsp3) is 0.652. The van der Waals surface area contributed by atoms with E-state index in [0.29, 0.717) is 18.5 Å². The maximum absolute atomic E-state index is 11.6. The van der Waals surface area contributed by atoms with Crippen molar-refractivity contribution < 1.29 is 14.3 Å². The molecule has 7 heteroatoms. The zero-order valence-corrected chi connectivity index (χ0v) is 18.5. The van der Waals surface area contributed by atoms with E-state index in [-0.39, 0.29) is 17.9 Å². The minimum atomic E-state index is -0.228. The Morgan fingerprint density at radius 3 is 2.93 bits per heavy atom. The van der Waals surface area contributed by atoms with Gasteiger partial charge in [-0.1, -0.05) is 0 Å². The molecule has 1 aliphatic heterocycles. The third-order valence-corrected chi connectivity index (χ3v) is 8.24. The van der Waals surface area contributed by atoms with Crippen molar-refractivity contribution in [3.63, 3.8) is 0 Å². The molecule has 2 aromatic heterocycles. The second kappa shape index (κ2) is 8.44. The van der Waals surface area contributed by atoms with Crippen LogP contribution in [-0.4, -0.2) is 53.7 Å². The number of rotatable bonds is 5. The van der Waals surface area contributed by atoms with E-state index >= 15 is 0 Å². The van der Waals surface area contributed by atoms with Crippen LogP contribution in [0.4, 0.5) is 0 Å². The molecule has 2 N–H and O–H groups in total. The first-order chi connectivity index (χ1) is 14.6. The third-order valence-electron chi connectivity index (χ3n) is 7.07. The van der Waals surface area contributed by atoms with Gasteiger partial charge in [0.2, 0.25) is 5.91 Å². The van der Waals surface area contributed by atoms with Gasteiger partial charge in [-0.25, -0.2) is 4.98 Å². The number of morpholine rings is 1. The summed E-state index contributed by atoms with van der Waals surface area (Å²) in [5.41, 5.74) is 6.79. The SMILES string of the molecule is C[C@H]1COCCN1[C@H]1CC[C@H](Oc2ccnc3sc4c(c23)[C@@H](CC(N)=O)CC4)CC1. The second-order valence-corrected chi connectivity index (χ2v) is 10.1. The highest BCUT2D eigenvalue weighted by Gasteiger charge is 2.33. The molecule has 162 valence electrons. The van der Waals surface area contributed by atoms with E-state index in [0.717, 1.165) is 61.4 Å². The van der Waals surface area contributed by atoms with Crippen LogP contribution >= 0.6 is 11.3 Å². The highest BCUT2D eigenvalue weighted by Crippen LogP contribution is 2.48. The lowest BCUT2D eigenvalue weighted by atomic mass is 9.90. The molecule has 30 heavy (non-hydrogen) atoms. The van der Waals surface area contributed by atoms with Gasteiger partial charge in [0.15, 0.2) is 0 Å². The molecule has 2 atom stereocenters. The van der Waals surface area contributed by atoms with Gasteiger partial charge in [0.05, 0.1) is 24.7 Å². The van der Waals surface area contributed by atoms with Crippen LogP contribution in [0.15, 0.2) is 12.3 Å². The van der Waals surface area contributed by atoms with Crippen molar-refractivity contribution in [1.29, 1.82) is 0 Å². The largest absolute Gasteiger partial charge is 0.490 e. The number of pyridine rings is 1. The second-order valence-electron chi connectivity index (χ2n) is 9.04. The average molecular weight is 430 g/mol. The Labute approximate surface area is 181 Å². The summed E-state index contributed by atoms with van der Waals surface area (Å²) < 4.78 is 12.2. The van der Waals surface area contributed by atoms with Gasteiger partial charge in [0.1, 0.15) is 10.6 Å². The minimum absolute atomic E-state index is 0.205. The van der Waals surface area contributed by atoms with Crippen molar-refractivity contribution >= 4 is 27.5 Å². The Balaban J connectivity index is 1.31. The van der Waals surface area contributed by atoms with Crippen LogP contribution in [0.2, 0.25) is 0 Å². The van der Waals surface area contributed by atoms with Crippen molar-refractivity contribution in [2.45, 2.75) is 76.0 Å². The van der Waals surface area contributed by atoms with Gasteiger partial charge in [-0.3, -0.25) is 9.69 Å². The zero-order chi connectivity index (χ0) is 20.7. The number of aromatic nitrogens is 1. The molecule has 1 saturated carbocycles. The van der Waals surface area contributed by atoms with E-state index in [2.05, 4.69) is 16.8 Å². The van der Waals surface area contributed by atoms with Crippen molar-refractivity contribution in [2.24, 2.45) is 5.73 Å². The Morgan fingerprint density at radius 2 is 2.17 bits per heavy atom. The molecule has 5 rings (SSSR count). The summed E-state index contributed by atoms with van der Waals surface area (Å²) in [6.45, 7) is 5.02. The average Bonchev–Trinajstić information content (AvgIpc) is 3.29. The normalized spacial score (nSPS) is 29.8. The molecule has 0 bridgehead atoms. The monoisotopic (exact) mass is 429 g/mol. The van der Waals surface area contributed by atoms with Gasteiger partial charge in [0.25, 0.3) is 0 Å². The van der Waals surface area contributed by atoms with Gasteiger partial charge in [-0.05, 0) is 63.0 Å². The number of nitrogens with zero attached hydrogens (tertiary/aromatic N) is 2. The van der Waals surface area contributed by atoms with E-state index in [4.69, 9.17) is 15.2 Å². The maximum Gasteiger partial charge on any atom is 0.218 e. The number of fused-ring (bicyclic) bond motifs is 3. The molecule has 6 nitrogen and oxygen atoms in total. The van der Waals surface area contributed by atoms with Crippen molar-refractivity contribution in [3.8, 4) is 5.75 Å². The molecular weight excluding hydrogens is 398 g/mol. The molecular formula is C23H31N3O3S. The Bertz CT molecular complexity index is 922. The summed E-state index contributed by atoms with van der Waals surface area (Å²) in [4.78, 5) is 21.2.